The predicted octanol–water partition coefficient (Wildman–Crippen LogP) is 6.39. The van der Waals surface area contributed by atoms with Crippen LogP contribution in [0.1, 0.15) is 17.3 Å². The van der Waals surface area contributed by atoms with Gasteiger partial charge in [-0.15, -0.1) is 11.3 Å². The number of amides is 1. The van der Waals surface area contributed by atoms with E-state index in [4.69, 9.17) is 16.6 Å². The van der Waals surface area contributed by atoms with Crippen LogP contribution in [0.4, 0.5) is 0 Å². The predicted molar refractivity (Wildman–Crippen MR) is 125 cm³/mol. The SMILES string of the molecule is CCn1c(=NC(=O)c2cc(-c3cccs3)nc3ccccc23)sc2cccc(Cl)c21. The quantitative estimate of drug-likeness (QED) is 0.320. The average molecular weight is 450 g/mol. The van der Waals surface area contributed by atoms with Crippen LogP contribution in [0.25, 0.3) is 31.7 Å². The van der Waals surface area contributed by atoms with E-state index in [2.05, 4.69) is 4.99 Å². The molecule has 1 amide bonds. The van der Waals surface area contributed by atoms with E-state index in [1.165, 1.54) is 11.3 Å². The van der Waals surface area contributed by atoms with Crippen LogP contribution in [0.15, 0.2) is 71.0 Å². The lowest BCUT2D eigenvalue weighted by molar-refractivity contribution is 0.0999. The fourth-order valence-corrected chi connectivity index (χ4v) is 5.65. The maximum Gasteiger partial charge on any atom is 0.280 e. The van der Waals surface area contributed by atoms with Gasteiger partial charge in [0.05, 0.1) is 36.9 Å². The van der Waals surface area contributed by atoms with Gasteiger partial charge in [-0.1, -0.05) is 53.3 Å². The summed E-state index contributed by atoms with van der Waals surface area (Å²) in [6.45, 7) is 2.70. The molecule has 0 bridgehead atoms. The van der Waals surface area contributed by atoms with Crippen LogP contribution in [0.2, 0.25) is 5.02 Å². The van der Waals surface area contributed by atoms with Gasteiger partial charge in [0.2, 0.25) is 0 Å². The molecule has 4 nitrogen and oxygen atoms in total. The molecule has 0 aliphatic heterocycles. The minimum Gasteiger partial charge on any atom is -0.315 e. The van der Waals surface area contributed by atoms with Gasteiger partial charge in [-0.3, -0.25) is 4.79 Å². The van der Waals surface area contributed by atoms with Crippen LogP contribution >= 0.6 is 34.3 Å². The van der Waals surface area contributed by atoms with Crippen LogP contribution in [0, 0.1) is 0 Å². The molecule has 0 radical (unpaired) electrons. The summed E-state index contributed by atoms with van der Waals surface area (Å²) in [5.41, 5.74) is 3.03. The van der Waals surface area contributed by atoms with Gasteiger partial charge in [0.25, 0.3) is 5.91 Å². The molecule has 7 heteroatoms. The van der Waals surface area contributed by atoms with E-state index in [1.807, 2.05) is 77.5 Å². The molecule has 148 valence electrons. The van der Waals surface area contributed by atoms with E-state index < -0.39 is 0 Å². The van der Waals surface area contributed by atoms with Crippen molar-refractivity contribution in [1.29, 1.82) is 0 Å². The first kappa shape index (κ1) is 19.2. The molecule has 0 saturated carbocycles. The molecule has 0 aliphatic rings. The molecule has 2 aromatic carbocycles. The summed E-state index contributed by atoms with van der Waals surface area (Å²) in [5.74, 6) is -0.281. The Labute approximate surface area is 185 Å². The number of para-hydroxylation sites is 2. The number of pyridine rings is 1. The normalized spacial score (nSPS) is 12.1. The topological polar surface area (TPSA) is 47.2 Å². The lowest BCUT2D eigenvalue weighted by Crippen LogP contribution is -2.16. The minimum absolute atomic E-state index is 0.281. The van der Waals surface area contributed by atoms with Crippen molar-refractivity contribution < 1.29 is 4.79 Å². The van der Waals surface area contributed by atoms with Gasteiger partial charge < -0.3 is 4.57 Å². The molecule has 3 aromatic heterocycles. The molecule has 0 fully saturated rings. The zero-order chi connectivity index (χ0) is 20.7. The van der Waals surface area contributed by atoms with E-state index in [0.29, 0.717) is 21.9 Å². The smallest absolute Gasteiger partial charge is 0.280 e. The lowest BCUT2D eigenvalue weighted by atomic mass is 10.1. The Morgan fingerprint density at radius 1 is 1.13 bits per heavy atom. The highest BCUT2D eigenvalue weighted by molar-refractivity contribution is 7.16. The first-order chi connectivity index (χ1) is 14.7. The number of halogens is 1. The number of nitrogens with zero attached hydrogens (tertiary/aromatic N) is 3. The first-order valence-electron chi connectivity index (χ1n) is 9.46. The van der Waals surface area contributed by atoms with Crippen molar-refractivity contribution in [1.82, 2.24) is 9.55 Å². The van der Waals surface area contributed by atoms with E-state index in [0.717, 1.165) is 31.7 Å². The van der Waals surface area contributed by atoms with Gasteiger partial charge >= 0.3 is 0 Å². The molecular weight excluding hydrogens is 434 g/mol. The molecular formula is C23H16ClN3OS2. The van der Waals surface area contributed by atoms with Gasteiger partial charge in [-0.05, 0) is 42.6 Å². The molecule has 5 aromatic rings. The highest BCUT2D eigenvalue weighted by atomic mass is 35.5. The van der Waals surface area contributed by atoms with Gasteiger partial charge in [0, 0.05) is 11.9 Å². The number of aromatic nitrogens is 2. The third-order valence-electron chi connectivity index (χ3n) is 4.89. The van der Waals surface area contributed by atoms with E-state index in [9.17, 15) is 4.79 Å². The van der Waals surface area contributed by atoms with Crippen molar-refractivity contribution >= 4 is 61.3 Å². The number of thiazole rings is 1. The second kappa shape index (κ2) is 7.80. The fraction of sp³-hybridized carbons (Fsp3) is 0.0870. The van der Waals surface area contributed by atoms with Crippen molar-refractivity contribution in [3.63, 3.8) is 0 Å². The van der Waals surface area contributed by atoms with Gasteiger partial charge in [-0.25, -0.2) is 4.98 Å². The zero-order valence-electron chi connectivity index (χ0n) is 16.0. The Kier molecular flexibility index (Phi) is 4.98. The Balaban J connectivity index is 1.73. The molecule has 0 saturated heterocycles. The Hall–Kier alpha value is -2.80. The summed E-state index contributed by atoms with van der Waals surface area (Å²) in [5, 5.41) is 3.46. The van der Waals surface area contributed by atoms with Crippen LogP contribution in [-0.4, -0.2) is 15.5 Å². The fourth-order valence-electron chi connectivity index (χ4n) is 3.52. The highest BCUT2D eigenvalue weighted by Crippen LogP contribution is 2.29. The maximum absolute atomic E-state index is 13.3. The molecule has 5 rings (SSSR count). The number of benzene rings is 2. The maximum atomic E-state index is 13.3. The first-order valence-corrected chi connectivity index (χ1v) is 11.5. The van der Waals surface area contributed by atoms with Crippen molar-refractivity contribution in [2.45, 2.75) is 13.5 Å². The van der Waals surface area contributed by atoms with Crippen LogP contribution in [-0.2, 0) is 6.54 Å². The molecule has 30 heavy (non-hydrogen) atoms. The molecule has 0 unspecified atom stereocenters. The number of rotatable bonds is 3. The van der Waals surface area contributed by atoms with Crippen LogP contribution in [0.3, 0.4) is 0 Å². The number of thiophene rings is 1. The molecule has 0 spiro atoms. The zero-order valence-corrected chi connectivity index (χ0v) is 18.4. The molecule has 0 atom stereocenters. The second-order valence-electron chi connectivity index (χ2n) is 6.68. The third kappa shape index (κ3) is 3.27. The summed E-state index contributed by atoms with van der Waals surface area (Å²) in [7, 11) is 0. The number of fused-ring (bicyclic) bond motifs is 2. The summed E-state index contributed by atoms with van der Waals surface area (Å²) in [6.07, 6.45) is 0. The number of carbonyl (C=O) groups excluding carboxylic acids is 1. The number of hydrogen-bond donors (Lipinski definition) is 0. The summed E-state index contributed by atoms with van der Waals surface area (Å²) in [4.78, 5) is 24.3. The molecule has 3 heterocycles. The Morgan fingerprint density at radius 3 is 2.80 bits per heavy atom. The number of aryl methyl sites for hydroxylation is 1. The summed E-state index contributed by atoms with van der Waals surface area (Å²) in [6, 6.07) is 19.3. The van der Waals surface area contributed by atoms with Gasteiger partial charge in [-0.2, -0.15) is 4.99 Å². The van der Waals surface area contributed by atoms with Crippen molar-refractivity contribution in [3.8, 4) is 10.6 Å². The van der Waals surface area contributed by atoms with E-state index in [1.54, 1.807) is 11.3 Å². The third-order valence-corrected chi connectivity index (χ3v) is 7.13. The standard InChI is InChI=1S/C23H16ClN3OS2/c1-2-27-21-16(24)8-5-10-20(21)30-23(27)26-22(28)15-13-18(19-11-6-12-29-19)25-17-9-4-3-7-14(15)17/h3-13H,2H2,1H3. The lowest BCUT2D eigenvalue weighted by Gasteiger charge is -2.06. The van der Waals surface area contributed by atoms with Gasteiger partial charge in [0.1, 0.15) is 0 Å². The second-order valence-corrected chi connectivity index (χ2v) is 9.05. The van der Waals surface area contributed by atoms with Crippen molar-refractivity contribution in [2.24, 2.45) is 4.99 Å². The largest absolute Gasteiger partial charge is 0.315 e. The Bertz CT molecular complexity index is 1470. The van der Waals surface area contributed by atoms with E-state index >= 15 is 0 Å². The molecule has 0 aliphatic carbocycles. The number of carbonyl (C=O) groups is 1. The van der Waals surface area contributed by atoms with Gasteiger partial charge in [0.15, 0.2) is 4.80 Å². The summed E-state index contributed by atoms with van der Waals surface area (Å²) < 4.78 is 3.00. The average Bonchev–Trinajstić information content (AvgIpc) is 3.41. The molecule has 0 N–H and O–H groups in total. The van der Waals surface area contributed by atoms with Crippen LogP contribution < -0.4 is 4.80 Å². The summed E-state index contributed by atoms with van der Waals surface area (Å²) >= 11 is 9.48. The minimum atomic E-state index is -0.281. The highest BCUT2D eigenvalue weighted by Gasteiger charge is 2.15. The number of hydrogen-bond acceptors (Lipinski definition) is 4. The Morgan fingerprint density at radius 2 is 2.00 bits per heavy atom. The van der Waals surface area contributed by atoms with Crippen molar-refractivity contribution in [2.75, 3.05) is 0 Å². The van der Waals surface area contributed by atoms with Crippen molar-refractivity contribution in [3.05, 3.63) is 81.4 Å². The van der Waals surface area contributed by atoms with Crippen LogP contribution in [0.5, 0.6) is 0 Å². The monoisotopic (exact) mass is 449 g/mol. The van der Waals surface area contributed by atoms with E-state index in [-0.39, 0.29) is 5.91 Å².